The third-order valence-corrected chi connectivity index (χ3v) is 3.94. The number of carbonyl (C=O) groups is 2. The van der Waals surface area contributed by atoms with Gasteiger partial charge in [-0.1, -0.05) is 52.0 Å². The molecular weight excluding hydrogens is 411 g/mol. The highest BCUT2D eigenvalue weighted by molar-refractivity contribution is 6.58. The van der Waals surface area contributed by atoms with Crippen LogP contribution in [0.4, 0.5) is 4.79 Å². The quantitative estimate of drug-likeness (QED) is 0.285. The van der Waals surface area contributed by atoms with Gasteiger partial charge in [-0.2, -0.15) is 5.10 Å². The molecule has 1 rings (SSSR count). The molecule has 0 aliphatic heterocycles. The van der Waals surface area contributed by atoms with Crippen molar-refractivity contribution in [2.45, 2.75) is 54.1 Å². The van der Waals surface area contributed by atoms with Gasteiger partial charge in [0.1, 0.15) is 5.60 Å². The molecular formula is C22H37BN4O5. The number of nitrogens with one attached hydrogen (secondary N) is 1. The van der Waals surface area contributed by atoms with E-state index in [1.54, 1.807) is 45.0 Å². The van der Waals surface area contributed by atoms with Crippen LogP contribution in [0.2, 0.25) is 0 Å². The van der Waals surface area contributed by atoms with E-state index in [1.165, 1.54) is 16.2 Å². The standard InChI is InChI=1S/C22H37BN4O5/c1-16(2)13-26(25-21(29)32-22(5,6)7)15-20(28)27(14-17(3)4)24-12-18-9-8-10-19(11-18)23(30)31/h8-12,16-17,30-31H,13-15H2,1-7H3,(H,25,29). The molecule has 0 fully saturated rings. The molecule has 0 aliphatic carbocycles. The zero-order chi connectivity index (χ0) is 24.5. The van der Waals surface area contributed by atoms with Gasteiger partial charge in [-0.05, 0) is 43.6 Å². The predicted molar refractivity (Wildman–Crippen MR) is 126 cm³/mol. The molecule has 0 aliphatic rings. The van der Waals surface area contributed by atoms with Crippen LogP contribution in [0.25, 0.3) is 0 Å². The molecule has 9 nitrogen and oxygen atoms in total. The molecule has 0 heterocycles. The number of amides is 2. The van der Waals surface area contributed by atoms with Gasteiger partial charge in [0.15, 0.2) is 0 Å². The Balaban J connectivity index is 2.97. The molecule has 0 aromatic heterocycles. The van der Waals surface area contributed by atoms with Crippen LogP contribution >= 0.6 is 0 Å². The number of hydrogen-bond acceptors (Lipinski definition) is 7. The molecule has 1 aromatic rings. The van der Waals surface area contributed by atoms with Crippen molar-refractivity contribution < 1.29 is 24.4 Å². The summed E-state index contributed by atoms with van der Waals surface area (Å²) in [6, 6.07) is 6.61. The Morgan fingerprint density at radius 2 is 1.78 bits per heavy atom. The fourth-order valence-corrected chi connectivity index (χ4v) is 2.76. The van der Waals surface area contributed by atoms with E-state index in [0.717, 1.165) is 0 Å². The van der Waals surface area contributed by atoms with Crippen molar-refractivity contribution in [2.75, 3.05) is 19.6 Å². The Bertz CT molecular complexity index is 778. The van der Waals surface area contributed by atoms with Crippen LogP contribution in [-0.4, -0.2) is 70.6 Å². The van der Waals surface area contributed by atoms with Crippen molar-refractivity contribution in [3.63, 3.8) is 0 Å². The Labute approximate surface area is 191 Å². The lowest BCUT2D eigenvalue weighted by molar-refractivity contribution is -0.133. The van der Waals surface area contributed by atoms with Gasteiger partial charge in [-0.25, -0.2) is 14.8 Å². The average molecular weight is 448 g/mol. The molecule has 1 aromatic carbocycles. The summed E-state index contributed by atoms with van der Waals surface area (Å²) in [5, 5.41) is 25.9. The normalized spacial score (nSPS) is 12.0. The first-order valence-electron chi connectivity index (χ1n) is 10.8. The highest BCUT2D eigenvalue weighted by Crippen LogP contribution is 2.08. The Morgan fingerprint density at radius 3 is 2.31 bits per heavy atom. The van der Waals surface area contributed by atoms with Crippen molar-refractivity contribution in [3.8, 4) is 0 Å². The van der Waals surface area contributed by atoms with E-state index in [-0.39, 0.29) is 24.3 Å². The summed E-state index contributed by atoms with van der Waals surface area (Å²) in [7, 11) is -1.58. The second-order valence-electron chi connectivity index (χ2n) is 9.55. The van der Waals surface area contributed by atoms with Gasteiger partial charge in [0.2, 0.25) is 0 Å². The lowest BCUT2D eigenvalue weighted by Crippen LogP contribution is -2.50. The topological polar surface area (TPSA) is 115 Å². The lowest BCUT2D eigenvalue weighted by Gasteiger charge is -2.28. The van der Waals surface area contributed by atoms with Crippen LogP contribution in [0.3, 0.4) is 0 Å². The molecule has 0 saturated carbocycles. The second kappa shape index (κ2) is 12.6. The van der Waals surface area contributed by atoms with E-state index in [4.69, 9.17) is 4.74 Å². The molecule has 0 bridgehead atoms. The second-order valence-corrected chi connectivity index (χ2v) is 9.55. The minimum Gasteiger partial charge on any atom is -0.443 e. The van der Waals surface area contributed by atoms with Crippen LogP contribution in [0.5, 0.6) is 0 Å². The van der Waals surface area contributed by atoms with Gasteiger partial charge in [-0.15, -0.1) is 0 Å². The third kappa shape index (κ3) is 11.3. The third-order valence-electron chi connectivity index (χ3n) is 3.94. The van der Waals surface area contributed by atoms with Crippen LogP contribution in [0.15, 0.2) is 29.4 Å². The highest BCUT2D eigenvalue weighted by atomic mass is 16.6. The first-order valence-corrected chi connectivity index (χ1v) is 10.8. The fourth-order valence-electron chi connectivity index (χ4n) is 2.76. The Morgan fingerprint density at radius 1 is 1.16 bits per heavy atom. The van der Waals surface area contributed by atoms with Crippen molar-refractivity contribution >= 4 is 30.8 Å². The molecule has 0 saturated heterocycles. The van der Waals surface area contributed by atoms with Crippen LogP contribution < -0.4 is 10.9 Å². The van der Waals surface area contributed by atoms with E-state index in [0.29, 0.717) is 24.1 Å². The summed E-state index contributed by atoms with van der Waals surface area (Å²) in [6.07, 6.45) is 0.879. The molecule has 2 amide bonds. The molecule has 0 atom stereocenters. The maximum atomic E-state index is 13.0. The number of benzene rings is 1. The zero-order valence-corrected chi connectivity index (χ0v) is 20.2. The number of carbonyl (C=O) groups excluding carboxylic acids is 2. The number of hydrazine groups is 1. The number of nitrogens with zero attached hydrogens (tertiary/aromatic N) is 3. The van der Waals surface area contributed by atoms with Gasteiger partial charge in [0, 0.05) is 13.1 Å². The molecule has 10 heteroatoms. The molecule has 0 unspecified atom stereocenters. The summed E-state index contributed by atoms with van der Waals surface area (Å²) in [5.74, 6) is 0.0801. The number of ether oxygens (including phenoxy) is 1. The molecule has 0 radical (unpaired) electrons. The fraction of sp³-hybridized carbons (Fsp3) is 0.591. The van der Waals surface area contributed by atoms with Crippen LogP contribution in [-0.2, 0) is 9.53 Å². The Kier molecular flexibility index (Phi) is 10.8. The van der Waals surface area contributed by atoms with Crippen LogP contribution in [0, 0.1) is 11.8 Å². The van der Waals surface area contributed by atoms with E-state index >= 15 is 0 Å². The van der Waals surface area contributed by atoms with E-state index in [2.05, 4.69) is 10.5 Å². The smallest absolute Gasteiger partial charge is 0.443 e. The number of hydrazone groups is 1. The van der Waals surface area contributed by atoms with Gasteiger partial charge in [0.25, 0.3) is 5.91 Å². The van der Waals surface area contributed by atoms with Crippen molar-refractivity contribution in [1.29, 1.82) is 0 Å². The van der Waals surface area contributed by atoms with E-state index < -0.39 is 18.8 Å². The average Bonchev–Trinajstić information content (AvgIpc) is 2.62. The molecule has 32 heavy (non-hydrogen) atoms. The number of rotatable bonds is 10. The summed E-state index contributed by atoms with van der Waals surface area (Å²) in [5.41, 5.74) is 2.97. The first-order chi connectivity index (χ1) is 14.8. The molecule has 178 valence electrons. The van der Waals surface area contributed by atoms with E-state index in [1.807, 2.05) is 27.7 Å². The minimum absolute atomic E-state index is 0.0725. The summed E-state index contributed by atoms with van der Waals surface area (Å²) in [6.45, 7) is 14.0. The first kappa shape index (κ1) is 27.6. The van der Waals surface area contributed by atoms with E-state index in [9.17, 15) is 19.6 Å². The number of hydrogen-bond donors (Lipinski definition) is 3. The van der Waals surface area contributed by atoms with Gasteiger partial charge in [-0.3, -0.25) is 10.2 Å². The SMILES string of the molecule is CC(C)CN(CC(=O)N(CC(C)C)N=Cc1cccc(B(O)O)c1)NC(=O)OC(C)(C)C. The van der Waals surface area contributed by atoms with Gasteiger partial charge >= 0.3 is 13.2 Å². The van der Waals surface area contributed by atoms with Crippen LogP contribution in [0.1, 0.15) is 54.0 Å². The predicted octanol–water partition coefficient (Wildman–Crippen LogP) is 1.58. The summed E-state index contributed by atoms with van der Waals surface area (Å²) >= 11 is 0. The van der Waals surface area contributed by atoms with Crippen molar-refractivity contribution in [3.05, 3.63) is 29.8 Å². The summed E-state index contributed by atoms with van der Waals surface area (Å²) < 4.78 is 5.31. The largest absolute Gasteiger partial charge is 0.488 e. The Hall–Kier alpha value is -2.43. The lowest BCUT2D eigenvalue weighted by atomic mass is 9.80. The minimum atomic E-state index is -1.58. The molecule has 3 N–H and O–H groups in total. The van der Waals surface area contributed by atoms with Crippen molar-refractivity contribution in [2.24, 2.45) is 16.9 Å². The van der Waals surface area contributed by atoms with Gasteiger partial charge in [0.05, 0.1) is 12.8 Å². The zero-order valence-electron chi connectivity index (χ0n) is 20.2. The monoisotopic (exact) mass is 448 g/mol. The van der Waals surface area contributed by atoms with Gasteiger partial charge < -0.3 is 14.8 Å². The van der Waals surface area contributed by atoms with Crippen molar-refractivity contribution in [1.82, 2.24) is 15.4 Å². The summed E-state index contributed by atoms with van der Waals surface area (Å²) in [4.78, 5) is 25.2. The maximum Gasteiger partial charge on any atom is 0.488 e. The highest BCUT2D eigenvalue weighted by Gasteiger charge is 2.23. The maximum absolute atomic E-state index is 13.0. The molecule has 0 spiro atoms.